The fraction of sp³-hybridized carbons (Fsp3) is 1.00. The Labute approximate surface area is 85.1 Å². The molecule has 1 fully saturated rings. The van der Waals surface area contributed by atoms with Crippen molar-refractivity contribution < 1.29 is 13.2 Å². The van der Waals surface area contributed by atoms with Gasteiger partial charge < -0.3 is 10.5 Å². The molecule has 0 aromatic rings. The number of rotatable bonds is 5. The summed E-state index contributed by atoms with van der Waals surface area (Å²) >= 11 is 0. The molecule has 0 aromatic carbocycles. The normalized spacial score (nSPS) is 19.8. The molecule has 14 heavy (non-hydrogen) atoms. The summed E-state index contributed by atoms with van der Waals surface area (Å²) in [5, 5.41) is 0. The largest absolute Gasteiger partial charge is 0.379 e. The van der Waals surface area contributed by atoms with Gasteiger partial charge in [-0.2, -0.15) is 0 Å². The fourth-order valence-corrected chi connectivity index (χ4v) is 2.47. The molecule has 0 bridgehead atoms. The average Bonchev–Trinajstić information content (AvgIpc) is 2.17. The monoisotopic (exact) mass is 222 g/mol. The van der Waals surface area contributed by atoms with Gasteiger partial charge in [0.05, 0.1) is 24.7 Å². The lowest BCUT2D eigenvalue weighted by Crippen LogP contribution is -2.39. The molecule has 1 heterocycles. The van der Waals surface area contributed by atoms with Crippen LogP contribution in [0.3, 0.4) is 0 Å². The molecule has 0 aliphatic carbocycles. The zero-order valence-corrected chi connectivity index (χ0v) is 9.13. The lowest BCUT2D eigenvalue weighted by atomic mass is 10.4. The highest BCUT2D eigenvalue weighted by Gasteiger charge is 2.14. The maximum Gasteiger partial charge on any atom is 0.152 e. The third-order valence-electron chi connectivity index (χ3n) is 2.25. The summed E-state index contributed by atoms with van der Waals surface area (Å²) in [6, 6.07) is 0. The molecular formula is C8H18N2O3S. The predicted octanol–water partition coefficient (Wildman–Crippen LogP) is -1.31. The Morgan fingerprint density at radius 1 is 1.21 bits per heavy atom. The van der Waals surface area contributed by atoms with Crippen molar-refractivity contribution in [3.63, 3.8) is 0 Å². The van der Waals surface area contributed by atoms with Crippen molar-refractivity contribution in [2.75, 3.05) is 50.9 Å². The molecule has 0 spiro atoms. The summed E-state index contributed by atoms with van der Waals surface area (Å²) in [7, 11) is -2.94. The van der Waals surface area contributed by atoms with Gasteiger partial charge in [0.25, 0.3) is 0 Å². The first-order chi connectivity index (χ1) is 6.64. The minimum Gasteiger partial charge on any atom is -0.379 e. The second-order valence-corrected chi connectivity index (χ2v) is 5.70. The van der Waals surface area contributed by atoms with E-state index in [0.29, 0.717) is 19.8 Å². The number of hydrogen-bond acceptors (Lipinski definition) is 5. The lowest BCUT2D eigenvalue weighted by Gasteiger charge is -2.26. The smallest absolute Gasteiger partial charge is 0.152 e. The summed E-state index contributed by atoms with van der Waals surface area (Å²) in [5.74, 6) is 0.307. The minimum absolute atomic E-state index is 0.0946. The molecule has 0 atom stereocenters. The highest BCUT2D eigenvalue weighted by molar-refractivity contribution is 7.91. The van der Waals surface area contributed by atoms with E-state index in [4.69, 9.17) is 10.5 Å². The molecule has 1 aliphatic heterocycles. The molecule has 0 amide bonds. The minimum atomic E-state index is -2.94. The number of sulfone groups is 1. The number of nitrogens with zero attached hydrogens (tertiary/aromatic N) is 1. The highest BCUT2D eigenvalue weighted by Crippen LogP contribution is 1.98. The van der Waals surface area contributed by atoms with Crippen molar-refractivity contribution in [2.45, 2.75) is 0 Å². The van der Waals surface area contributed by atoms with E-state index in [9.17, 15) is 8.42 Å². The van der Waals surface area contributed by atoms with Crippen LogP contribution in [0.1, 0.15) is 0 Å². The molecule has 0 aromatic heterocycles. The van der Waals surface area contributed by atoms with Crippen LogP contribution in [0.15, 0.2) is 0 Å². The van der Waals surface area contributed by atoms with Crippen LogP contribution in [-0.4, -0.2) is 64.2 Å². The van der Waals surface area contributed by atoms with E-state index >= 15 is 0 Å². The van der Waals surface area contributed by atoms with Gasteiger partial charge in [0.2, 0.25) is 0 Å². The molecular weight excluding hydrogens is 204 g/mol. The summed E-state index contributed by atoms with van der Waals surface area (Å²) in [5.41, 5.74) is 5.21. The molecule has 6 heteroatoms. The topological polar surface area (TPSA) is 72.6 Å². The molecule has 1 aliphatic rings. The van der Waals surface area contributed by atoms with E-state index in [-0.39, 0.29) is 18.1 Å². The maximum absolute atomic E-state index is 11.3. The molecule has 5 nitrogen and oxygen atoms in total. The van der Waals surface area contributed by atoms with Crippen molar-refractivity contribution in [3.05, 3.63) is 0 Å². The summed E-state index contributed by atoms with van der Waals surface area (Å²) in [6.45, 7) is 3.89. The van der Waals surface area contributed by atoms with Crippen molar-refractivity contribution in [1.29, 1.82) is 0 Å². The van der Waals surface area contributed by atoms with Crippen molar-refractivity contribution in [3.8, 4) is 0 Å². The van der Waals surface area contributed by atoms with Crippen LogP contribution in [-0.2, 0) is 14.6 Å². The first-order valence-electron chi connectivity index (χ1n) is 4.84. The van der Waals surface area contributed by atoms with Crippen molar-refractivity contribution >= 4 is 9.84 Å². The Kier molecular flexibility index (Phi) is 4.80. The molecule has 2 N–H and O–H groups in total. The Balaban J connectivity index is 2.24. The highest BCUT2D eigenvalue weighted by atomic mass is 32.2. The van der Waals surface area contributed by atoms with Crippen LogP contribution in [0.2, 0.25) is 0 Å². The Morgan fingerprint density at radius 3 is 2.43 bits per heavy atom. The van der Waals surface area contributed by atoms with Gasteiger partial charge in [0.1, 0.15) is 0 Å². The molecule has 1 saturated heterocycles. The van der Waals surface area contributed by atoms with Gasteiger partial charge >= 0.3 is 0 Å². The van der Waals surface area contributed by atoms with Crippen LogP contribution < -0.4 is 5.73 Å². The first-order valence-corrected chi connectivity index (χ1v) is 6.67. The maximum atomic E-state index is 11.3. The fourth-order valence-electron chi connectivity index (χ4n) is 1.37. The van der Waals surface area contributed by atoms with Gasteiger partial charge in [-0.05, 0) is 0 Å². The Hall–Kier alpha value is -0.170. The van der Waals surface area contributed by atoms with E-state index in [1.54, 1.807) is 0 Å². The summed E-state index contributed by atoms with van der Waals surface area (Å²) in [6.07, 6.45) is 0. The van der Waals surface area contributed by atoms with Gasteiger partial charge in [0, 0.05) is 26.2 Å². The predicted molar refractivity (Wildman–Crippen MR) is 55.0 cm³/mol. The summed E-state index contributed by atoms with van der Waals surface area (Å²) < 4.78 is 27.8. The van der Waals surface area contributed by atoms with Crippen molar-refractivity contribution in [1.82, 2.24) is 4.90 Å². The van der Waals surface area contributed by atoms with E-state index in [0.717, 1.165) is 13.1 Å². The molecule has 0 radical (unpaired) electrons. The van der Waals surface area contributed by atoms with E-state index < -0.39 is 9.84 Å². The van der Waals surface area contributed by atoms with Gasteiger partial charge in [0.15, 0.2) is 9.84 Å². The quantitative estimate of drug-likeness (QED) is 0.625. The average molecular weight is 222 g/mol. The molecule has 84 valence electrons. The van der Waals surface area contributed by atoms with Crippen molar-refractivity contribution in [2.24, 2.45) is 5.73 Å². The zero-order chi connectivity index (χ0) is 10.4. The van der Waals surface area contributed by atoms with Gasteiger partial charge in [-0.1, -0.05) is 0 Å². The third kappa shape index (κ3) is 4.36. The Bertz CT molecular complexity index is 247. The number of ether oxygens (including phenoxy) is 1. The van der Waals surface area contributed by atoms with E-state index in [1.165, 1.54) is 0 Å². The third-order valence-corrected chi connectivity index (χ3v) is 3.91. The standard InChI is InChI=1S/C8H18N2O3S/c9-1-7-14(11,12)8-4-10-2-5-13-6-3-10/h1-9H2. The van der Waals surface area contributed by atoms with E-state index in [1.807, 2.05) is 0 Å². The van der Waals surface area contributed by atoms with Gasteiger partial charge in [-0.25, -0.2) is 8.42 Å². The second kappa shape index (κ2) is 5.65. The first kappa shape index (κ1) is 11.9. The lowest BCUT2D eigenvalue weighted by molar-refractivity contribution is 0.0408. The second-order valence-electron chi connectivity index (χ2n) is 3.39. The SMILES string of the molecule is NCCS(=O)(=O)CCN1CCOCC1. The Morgan fingerprint density at radius 2 is 1.86 bits per heavy atom. The zero-order valence-electron chi connectivity index (χ0n) is 8.31. The summed E-state index contributed by atoms with van der Waals surface area (Å²) in [4.78, 5) is 2.11. The van der Waals surface area contributed by atoms with Crippen LogP contribution in [0.25, 0.3) is 0 Å². The van der Waals surface area contributed by atoms with Crippen LogP contribution in [0, 0.1) is 0 Å². The van der Waals surface area contributed by atoms with E-state index in [2.05, 4.69) is 4.90 Å². The van der Waals surface area contributed by atoms with Gasteiger partial charge in [-0.3, -0.25) is 4.90 Å². The van der Waals surface area contributed by atoms with Gasteiger partial charge in [-0.15, -0.1) is 0 Å². The molecule has 0 unspecified atom stereocenters. The number of hydrogen-bond donors (Lipinski definition) is 1. The molecule has 0 saturated carbocycles. The molecule has 1 rings (SSSR count). The van der Waals surface area contributed by atoms with Crippen LogP contribution in [0.5, 0.6) is 0 Å². The van der Waals surface area contributed by atoms with Crippen LogP contribution >= 0.6 is 0 Å². The number of nitrogens with two attached hydrogens (primary N) is 1. The van der Waals surface area contributed by atoms with Crippen LogP contribution in [0.4, 0.5) is 0 Å². The number of morpholine rings is 1.